The van der Waals surface area contributed by atoms with Crippen LogP contribution in [-0.4, -0.2) is 5.78 Å². The van der Waals surface area contributed by atoms with E-state index in [1.165, 1.54) is 23.3 Å². The van der Waals surface area contributed by atoms with Gasteiger partial charge < -0.3 is 0 Å². The number of rotatable bonds is 2. The van der Waals surface area contributed by atoms with Crippen LogP contribution >= 0.6 is 15.9 Å². The van der Waals surface area contributed by atoms with Gasteiger partial charge >= 0.3 is 0 Å². The molecular formula is C16H12BrFO. The summed E-state index contributed by atoms with van der Waals surface area (Å²) in [7, 11) is 0. The Bertz CT molecular complexity index is 664. The number of benzene rings is 2. The van der Waals surface area contributed by atoms with Crippen molar-refractivity contribution in [1.29, 1.82) is 0 Å². The average molecular weight is 319 g/mol. The minimum Gasteiger partial charge on any atom is -0.288 e. The number of halogens is 2. The summed E-state index contributed by atoms with van der Waals surface area (Å²) in [6, 6.07) is 10.2. The zero-order valence-corrected chi connectivity index (χ0v) is 11.8. The van der Waals surface area contributed by atoms with Crippen molar-refractivity contribution in [3.8, 4) is 0 Å². The quantitative estimate of drug-likeness (QED) is 0.754. The van der Waals surface area contributed by atoms with Gasteiger partial charge in [-0.1, -0.05) is 28.1 Å². The summed E-state index contributed by atoms with van der Waals surface area (Å²) in [6.45, 7) is 0. The molecule has 0 bridgehead atoms. The molecule has 0 saturated carbocycles. The van der Waals surface area contributed by atoms with Gasteiger partial charge in [-0.05, 0) is 54.7 Å². The summed E-state index contributed by atoms with van der Waals surface area (Å²) in [5.41, 5.74) is 3.24. The first-order valence-electron chi connectivity index (χ1n) is 6.27. The number of aryl methyl sites for hydroxylation is 2. The largest absolute Gasteiger partial charge is 0.288 e. The van der Waals surface area contributed by atoms with Crippen LogP contribution in [0.15, 0.2) is 40.9 Å². The topological polar surface area (TPSA) is 17.1 Å². The van der Waals surface area contributed by atoms with E-state index in [0.717, 1.165) is 19.3 Å². The van der Waals surface area contributed by atoms with Crippen molar-refractivity contribution >= 4 is 21.7 Å². The molecule has 0 radical (unpaired) electrons. The second kappa shape index (κ2) is 4.89. The lowest BCUT2D eigenvalue weighted by Gasteiger charge is -2.06. The van der Waals surface area contributed by atoms with Gasteiger partial charge in [-0.3, -0.25) is 4.79 Å². The predicted octanol–water partition coefficient (Wildman–Crippen LogP) is 4.31. The fraction of sp³-hybridized carbons (Fsp3) is 0.188. The van der Waals surface area contributed by atoms with Crippen molar-refractivity contribution in [3.05, 3.63) is 68.9 Å². The molecule has 1 nitrogen and oxygen atoms in total. The molecular weight excluding hydrogens is 307 g/mol. The molecule has 2 aromatic carbocycles. The number of carbonyl (C=O) groups is 1. The van der Waals surface area contributed by atoms with Crippen LogP contribution in [0.25, 0.3) is 0 Å². The van der Waals surface area contributed by atoms with Gasteiger partial charge in [0.1, 0.15) is 5.82 Å². The molecule has 0 heterocycles. The van der Waals surface area contributed by atoms with Crippen LogP contribution in [-0.2, 0) is 12.8 Å². The van der Waals surface area contributed by atoms with Gasteiger partial charge in [-0.2, -0.15) is 0 Å². The van der Waals surface area contributed by atoms with Crippen LogP contribution in [0.3, 0.4) is 0 Å². The van der Waals surface area contributed by atoms with Crippen molar-refractivity contribution < 1.29 is 9.18 Å². The molecule has 0 aliphatic heterocycles. The fourth-order valence-corrected chi connectivity index (χ4v) is 2.88. The monoisotopic (exact) mass is 318 g/mol. The smallest absolute Gasteiger partial charge is 0.195 e. The molecule has 2 aromatic rings. The van der Waals surface area contributed by atoms with Crippen LogP contribution in [0.1, 0.15) is 33.5 Å². The highest BCUT2D eigenvalue weighted by Crippen LogP contribution is 2.25. The van der Waals surface area contributed by atoms with E-state index in [1.54, 1.807) is 12.1 Å². The van der Waals surface area contributed by atoms with Crippen molar-refractivity contribution in [1.82, 2.24) is 0 Å². The highest BCUT2D eigenvalue weighted by atomic mass is 79.9. The predicted molar refractivity (Wildman–Crippen MR) is 76.0 cm³/mol. The van der Waals surface area contributed by atoms with Gasteiger partial charge in [0, 0.05) is 10.0 Å². The standard InChI is InChI=1S/C16H12BrFO/c17-13-6-7-14(15(18)9-13)16(19)12-5-4-10-2-1-3-11(10)8-12/h4-9H,1-3H2. The lowest BCUT2D eigenvalue weighted by atomic mass is 9.99. The Morgan fingerprint density at radius 1 is 1.05 bits per heavy atom. The third kappa shape index (κ3) is 2.35. The van der Waals surface area contributed by atoms with Crippen LogP contribution in [0.4, 0.5) is 4.39 Å². The second-order valence-electron chi connectivity index (χ2n) is 4.79. The molecule has 96 valence electrons. The van der Waals surface area contributed by atoms with E-state index in [9.17, 15) is 9.18 Å². The van der Waals surface area contributed by atoms with Gasteiger partial charge in [0.15, 0.2) is 5.78 Å². The number of hydrogen-bond donors (Lipinski definition) is 0. The summed E-state index contributed by atoms with van der Waals surface area (Å²) in [5, 5.41) is 0. The highest BCUT2D eigenvalue weighted by Gasteiger charge is 2.17. The Hall–Kier alpha value is -1.48. The molecule has 0 unspecified atom stereocenters. The average Bonchev–Trinajstić information content (AvgIpc) is 2.85. The Morgan fingerprint density at radius 3 is 2.63 bits per heavy atom. The summed E-state index contributed by atoms with van der Waals surface area (Å²) in [5.74, 6) is -0.737. The van der Waals surface area contributed by atoms with Crippen molar-refractivity contribution in [2.75, 3.05) is 0 Å². The lowest BCUT2D eigenvalue weighted by molar-refractivity contribution is 0.103. The molecule has 0 spiro atoms. The van der Waals surface area contributed by atoms with Crippen molar-refractivity contribution in [2.24, 2.45) is 0 Å². The summed E-state index contributed by atoms with van der Waals surface area (Å²) < 4.78 is 14.4. The third-order valence-corrected chi connectivity index (χ3v) is 4.03. The fourth-order valence-electron chi connectivity index (χ4n) is 2.54. The van der Waals surface area contributed by atoms with Crippen molar-refractivity contribution in [2.45, 2.75) is 19.3 Å². The SMILES string of the molecule is O=C(c1ccc2c(c1)CCC2)c1ccc(Br)cc1F. The van der Waals surface area contributed by atoms with E-state index < -0.39 is 5.82 Å². The van der Waals surface area contributed by atoms with Crippen molar-refractivity contribution in [3.63, 3.8) is 0 Å². The second-order valence-corrected chi connectivity index (χ2v) is 5.71. The maximum atomic E-state index is 13.8. The number of carbonyl (C=O) groups excluding carboxylic acids is 1. The molecule has 3 heteroatoms. The van der Waals surface area contributed by atoms with Crippen LogP contribution < -0.4 is 0 Å². The highest BCUT2D eigenvalue weighted by molar-refractivity contribution is 9.10. The molecule has 3 rings (SSSR count). The zero-order chi connectivity index (χ0) is 13.4. The number of fused-ring (bicyclic) bond motifs is 1. The van der Waals surface area contributed by atoms with Gasteiger partial charge in [0.2, 0.25) is 0 Å². The molecule has 0 fully saturated rings. The molecule has 0 N–H and O–H groups in total. The minimum atomic E-state index is -0.486. The van der Waals surface area contributed by atoms with E-state index in [-0.39, 0.29) is 11.3 Å². The van der Waals surface area contributed by atoms with E-state index in [4.69, 9.17) is 0 Å². The normalized spacial score (nSPS) is 13.4. The van der Waals surface area contributed by atoms with Gasteiger partial charge in [-0.25, -0.2) is 4.39 Å². The van der Waals surface area contributed by atoms with E-state index in [1.807, 2.05) is 12.1 Å². The molecule has 1 aliphatic carbocycles. The lowest BCUT2D eigenvalue weighted by Crippen LogP contribution is -2.05. The van der Waals surface area contributed by atoms with Gasteiger partial charge in [-0.15, -0.1) is 0 Å². The molecule has 0 aromatic heterocycles. The first kappa shape index (κ1) is 12.5. The van der Waals surface area contributed by atoms with Crippen LogP contribution in [0.5, 0.6) is 0 Å². The van der Waals surface area contributed by atoms with Crippen LogP contribution in [0, 0.1) is 5.82 Å². The summed E-state index contributed by atoms with van der Waals surface area (Å²) in [4.78, 5) is 12.3. The Balaban J connectivity index is 2.00. The molecule has 0 amide bonds. The summed E-state index contributed by atoms with van der Waals surface area (Å²) in [6.07, 6.45) is 3.23. The maximum absolute atomic E-state index is 13.8. The van der Waals surface area contributed by atoms with E-state index >= 15 is 0 Å². The summed E-state index contributed by atoms with van der Waals surface area (Å²) >= 11 is 3.19. The minimum absolute atomic E-state index is 0.126. The first-order chi connectivity index (χ1) is 9.15. The number of hydrogen-bond acceptors (Lipinski definition) is 1. The van der Waals surface area contributed by atoms with E-state index in [2.05, 4.69) is 15.9 Å². The Labute approximate surface area is 119 Å². The van der Waals surface area contributed by atoms with E-state index in [0.29, 0.717) is 10.0 Å². The first-order valence-corrected chi connectivity index (χ1v) is 7.06. The Morgan fingerprint density at radius 2 is 1.84 bits per heavy atom. The van der Waals surface area contributed by atoms with Gasteiger partial charge in [0.25, 0.3) is 0 Å². The Kier molecular flexibility index (Phi) is 3.23. The van der Waals surface area contributed by atoms with Gasteiger partial charge in [0.05, 0.1) is 5.56 Å². The maximum Gasteiger partial charge on any atom is 0.195 e. The molecule has 0 saturated heterocycles. The van der Waals surface area contributed by atoms with Crippen LogP contribution in [0.2, 0.25) is 0 Å². The third-order valence-electron chi connectivity index (χ3n) is 3.54. The zero-order valence-electron chi connectivity index (χ0n) is 10.2. The number of ketones is 1. The molecule has 1 aliphatic rings. The molecule has 19 heavy (non-hydrogen) atoms. The molecule has 0 atom stereocenters.